The molecule has 0 amide bonds. The van der Waals surface area contributed by atoms with E-state index >= 15 is 0 Å². The first-order chi connectivity index (χ1) is 4.20. The van der Waals surface area contributed by atoms with Crippen LogP contribution in [0.3, 0.4) is 0 Å². The number of hydrogen-bond donors (Lipinski definition) is 2. The Labute approximate surface area is 61.0 Å². The molecule has 1 aliphatic heterocycles. The Morgan fingerprint density at radius 1 is 1.56 bits per heavy atom. The lowest BCUT2D eigenvalue weighted by molar-refractivity contribution is 0.412. The smallest absolute Gasteiger partial charge is 0.166 e. The number of thiocarbonyl (C=S) groups is 1. The molecule has 0 aliphatic carbocycles. The minimum atomic E-state index is 0.527. The number of hydrogen-bond acceptors (Lipinski definition) is 1. The summed E-state index contributed by atoms with van der Waals surface area (Å²) in [6.07, 6.45) is 0. The molecule has 2 atom stereocenters. The largest absolute Gasteiger partial charge is 0.362 e. The molecule has 2 nitrogen and oxygen atoms in total. The number of nitrogens with one attached hydrogen (secondary N) is 2. The first kappa shape index (κ1) is 6.81. The van der Waals surface area contributed by atoms with Crippen LogP contribution in [0.2, 0.25) is 0 Å². The second kappa shape index (κ2) is 2.52. The Morgan fingerprint density at radius 3 is 2.67 bits per heavy atom. The van der Waals surface area contributed by atoms with E-state index in [0.717, 1.165) is 11.7 Å². The lowest BCUT2D eigenvalue weighted by Crippen LogP contribution is -2.52. The van der Waals surface area contributed by atoms with Gasteiger partial charge in [-0.3, -0.25) is 0 Å². The highest BCUT2D eigenvalue weighted by Gasteiger charge is 2.17. The summed E-state index contributed by atoms with van der Waals surface area (Å²) in [5.74, 6) is 0.677. The van der Waals surface area contributed by atoms with Gasteiger partial charge in [-0.15, -0.1) is 0 Å². The van der Waals surface area contributed by atoms with E-state index in [-0.39, 0.29) is 0 Å². The van der Waals surface area contributed by atoms with Crippen LogP contribution in [-0.4, -0.2) is 17.7 Å². The zero-order valence-corrected chi connectivity index (χ0v) is 6.59. The van der Waals surface area contributed by atoms with E-state index in [9.17, 15) is 0 Å². The summed E-state index contributed by atoms with van der Waals surface area (Å²) in [5.41, 5.74) is 0. The molecule has 2 N–H and O–H groups in total. The van der Waals surface area contributed by atoms with Gasteiger partial charge in [0.1, 0.15) is 0 Å². The second-order valence-electron chi connectivity index (χ2n) is 2.62. The normalized spacial score (nSPS) is 35.1. The summed E-state index contributed by atoms with van der Waals surface area (Å²) in [7, 11) is 0. The van der Waals surface area contributed by atoms with Crippen LogP contribution in [-0.2, 0) is 0 Å². The lowest BCUT2D eigenvalue weighted by atomic mass is 10.0. The Hall–Kier alpha value is -0.310. The van der Waals surface area contributed by atoms with Gasteiger partial charge in [-0.25, -0.2) is 0 Å². The van der Waals surface area contributed by atoms with Gasteiger partial charge in [0.25, 0.3) is 0 Å². The second-order valence-corrected chi connectivity index (χ2v) is 3.03. The molecular formula is C6H12N2S. The fourth-order valence-corrected chi connectivity index (χ4v) is 1.10. The van der Waals surface area contributed by atoms with Crippen LogP contribution in [0.5, 0.6) is 0 Å². The van der Waals surface area contributed by atoms with Gasteiger partial charge in [0.2, 0.25) is 0 Å². The van der Waals surface area contributed by atoms with Crippen molar-refractivity contribution in [3.05, 3.63) is 0 Å². The van der Waals surface area contributed by atoms with Crippen molar-refractivity contribution in [3.63, 3.8) is 0 Å². The highest BCUT2D eigenvalue weighted by molar-refractivity contribution is 7.80. The number of rotatable bonds is 0. The van der Waals surface area contributed by atoms with Crippen molar-refractivity contribution in [2.24, 2.45) is 5.92 Å². The van der Waals surface area contributed by atoms with Crippen LogP contribution < -0.4 is 10.6 Å². The third-order valence-electron chi connectivity index (χ3n) is 1.80. The minimum absolute atomic E-state index is 0.527. The van der Waals surface area contributed by atoms with E-state index in [2.05, 4.69) is 24.5 Å². The molecule has 1 rings (SSSR count). The monoisotopic (exact) mass is 144 g/mol. The van der Waals surface area contributed by atoms with Gasteiger partial charge in [-0.05, 0) is 25.1 Å². The molecule has 1 heterocycles. The van der Waals surface area contributed by atoms with E-state index in [1.54, 1.807) is 0 Å². The summed E-state index contributed by atoms with van der Waals surface area (Å²) in [4.78, 5) is 0. The highest BCUT2D eigenvalue weighted by Crippen LogP contribution is 2.03. The van der Waals surface area contributed by atoms with Crippen LogP contribution in [0.1, 0.15) is 13.8 Å². The molecule has 1 saturated heterocycles. The molecule has 0 bridgehead atoms. The molecule has 0 unspecified atom stereocenters. The van der Waals surface area contributed by atoms with Crippen molar-refractivity contribution < 1.29 is 0 Å². The van der Waals surface area contributed by atoms with Gasteiger partial charge in [0, 0.05) is 12.6 Å². The summed E-state index contributed by atoms with van der Waals surface area (Å²) >= 11 is 4.91. The van der Waals surface area contributed by atoms with Crippen LogP contribution >= 0.6 is 12.2 Å². The maximum atomic E-state index is 4.91. The maximum Gasteiger partial charge on any atom is 0.166 e. The fraction of sp³-hybridized carbons (Fsp3) is 0.833. The maximum absolute atomic E-state index is 4.91. The zero-order chi connectivity index (χ0) is 6.85. The van der Waals surface area contributed by atoms with Crippen LogP contribution in [0, 0.1) is 5.92 Å². The molecular weight excluding hydrogens is 132 g/mol. The van der Waals surface area contributed by atoms with Crippen LogP contribution in [0.15, 0.2) is 0 Å². The van der Waals surface area contributed by atoms with Gasteiger partial charge in [0.15, 0.2) is 5.11 Å². The molecule has 0 spiro atoms. The molecule has 0 radical (unpaired) electrons. The van der Waals surface area contributed by atoms with E-state index in [4.69, 9.17) is 12.2 Å². The Bertz CT molecular complexity index is 124. The average molecular weight is 144 g/mol. The molecule has 0 aromatic carbocycles. The van der Waals surface area contributed by atoms with Gasteiger partial charge in [0.05, 0.1) is 0 Å². The van der Waals surface area contributed by atoms with Crippen molar-refractivity contribution in [3.8, 4) is 0 Å². The summed E-state index contributed by atoms with van der Waals surface area (Å²) < 4.78 is 0. The van der Waals surface area contributed by atoms with Gasteiger partial charge in [-0.2, -0.15) is 0 Å². The summed E-state index contributed by atoms with van der Waals surface area (Å²) in [6.45, 7) is 5.36. The zero-order valence-electron chi connectivity index (χ0n) is 5.77. The van der Waals surface area contributed by atoms with E-state index < -0.39 is 0 Å². The van der Waals surface area contributed by atoms with Gasteiger partial charge in [-0.1, -0.05) is 6.92 Å². The first-order valence-corrected chi connectivity index (χ1v) is 3.65. The van der Waals surface area contributed by atoms with Gasteiger partial charge >= 0.3 is 0 Å². The van der Waals surface area contributed by atoms with Gasteiger partial charge < -0.3 is 10.6 Å². The highest BCUT2D eigenvalue weighted by atomic mass is 32.1. The summed E-state index contributed by atoms with van der Waals surface area (Å²) in [5, 5.41) is 7.02. The molecule has 1 aliphatic rings. The average Bonchev–Trinajstić information content (AvgIpc) is 1.80. The Morgan fingerprint density at radius 2 is 2.22 bits per heavy atom. The molecule has 0 aromatic heterocycles. The quantitative estimate of drug-likeness (QED) is 0.484. The standard InChI is InChI=1S/C6H12N2S/c1-4-3-7-6(9)8-5(4)2/h4-5H,3H2,1-2H3,(H2,7,8,9)/t4-,5-/m0/s1. The van der Waals surface area contributed by atoms with E-state index in [0.29, 0.717) is 12.0 Å². The van der Waals surface area contributed by atoms with Crippen molar-refractivity contribution in [2.75, 3.05) is 6.54 Å². The molecule has 0 saturated carbocycles. The Kier molecular flexibility index (Phi) is 1.90. The molecule has 3 heteroatoms. The minimum Gasteiger partial charge on any atom is -0.362 e. The molecule has 0 aromatic rings. The third kappa shape index (κ3) is 1.55. The molecule has 1 fully saturated rings. The van der Waals surface area contributed by atoms with Crippen LogP contribution in [0.4, 0.5) is 0 Å². The molecule has 9 heavy (non-hydrogen) atoms. The van der Waals surface area contributed by atoms with Crippen molar-refractivity contribution in [1.82, 2.24) is 10.6 Å². The SMILES string of the molecule is C[C@@H]1NC(=S)NC[C@@H]1C. The van der Waals surface area contributed by atoms with E-state index in [1.807, 2.05) is 0 Å². The van der Waals surface area contributed by atoms with Crippen molar-refractivity contribution >= 4 is 17.3 Å². The third-order valence-corrected chi connectivity index (χ3v) is 2.06. The fourth-order valence-electron chi connectivity index (χ4n) is 0.831. The predicted molar refractivity (Wildman–Crippen MR) is 42.4 cm³/mol. The predicted octanol–water partition coefficient (Wildman–Crippen LogP) is 0.489. The first-order valence-electron chi connectivity index (χ1n) is 3.24. The van der Waals surface area contributed by atoms with Crippen molar-refractivity contribution in [2.45, 2.75) is 19.9 Å². The topological polar surface area (TPSA) is 24.1 Å². The van der Waals surface area contributed by atoms with E-state index in [1.165, 1.54) is 0 Å². The summed E-state index contributed by atoms with van der Waals surface area (Å²) in [6, 6.07) is 0.527. The van der Waals surface area contributed by atoms with Crippen molar-refractivity contribution in [1.29, 1.82) is 0 Å². The lowest BCUT2D eigenvalue weighted by Gasteiger charge is -2.29. The Balaban J connectivity index is 2.44. The molecule has 52 valence electrons. The van der Waals surface area contributed by atoms with Crippen LogP contribution in [0.25, 0.3) is 0 Å².